The number of nitrogens with zero attached hydrogens (tertiary/aromatic N) is 2. The molecule has 26 heavy (non-hydrogen) atoms. The Labute approximate surface area is 152 Å². The van der Waals surface area contributed by atoms with Crippen LogP contribution in [0, 0.1) is 5.41 Å². The monoisotopic (exact) mass is 356 g/mol. The number of carboxylic acid groups (broad SMARTS) is 1. The Kier molecular flexibility index (Phi) is 4.97. The van der Waals surface area contributed by atoms with Crippen LogP contribution in [-0.2, 0) is 9.63 Å². The summed E-state index contributed by atoms with van der Waals surface area (Å²) in [5, 5.41) is 20.6. The summed E-state index contributed by atoms with van der Waals surface area (Å²) in [6.45, 7) is 5.61. The highest BCUT2D eigenvalue weighted by Gasteiger charge is 2.42. The van der Waals surface area contributed by atoms with E-state index in [0.29, 0.717) is 12.0 Å². The van der Waals surface area contributed by atoms with Crippen molar-refractivity contribution >= 4 is 17.5 Å². The number of aliphatic carboxylic acids is 1. The van der Waals surface area contributed by atoms with Crippen LogP contribution in [0.4, 0.5) is 0 Å². The van der Waals surface area contributed by atoms with Crippen LogP contribution >= 0.6 is 0 Å². The number of hydrogen-bond acceptors (Lipinski definition) is 5. The molecule has 3 rings (SSSR count). The average molecular weight is 356 g/mol. The fraction of sp³-hybridized carbons (Fsp3) is 0.421. The Bertz CT molecular complexity index is 747. The Morgan fingerprint density at radius 3 is 2.54 bits per heavy atom. The van der Waals surface area contributed by atoms with Crippen molar-refractivity contribution in [3.63, 3.8) is 0 Å². The van der Waals surface area contributed by atoms with Crippen molar-refractivity contribution in [1.29, 1.82) is 5.41 Å². The summed E-state index contributed by atoms with van der Waals surface area (Å²) >= 11 is 0. The minimum Gasteiger partial charge on any atom is -0.481 e. The fourth-order valence-electron chi connectivity index (χ4n) is 3.43. The molecule has 7 heteroatoms. The third kappa shape index (κ3) is 3.87. The summed E-state index contributed by atoms with van der Waals surface area (Å²) in [5.74, 6) is -0.749. The van der Waals surface area contributed by atoms with Gasteiger partial charge in [0.05, 0.1) is 12.1 Å². The predicted molar refractivity (Wildman–Crippen MR) is 99.2 cm³/mol. The zero-order chi connectivity index (χ0) is 18.7. The van der Waals surface area contributed by atoms with Crippen molar-refractivity contribution in [1.82, 2.24) is 4.90 Å². The molecule has 138 valence electrons. The van der Waals surface area contributed by atoms with E-state index in [1.165, 1.54) is 0 Å². The van der Waals surface area contributed by atoms with E-state index < -0.39 is 5.97 Å². The van der Waals surface area contributed by atoms with E-state index in [9.17, 15) is 4.79 Å². The number of rotatable bonds is 6. The highest BCUT2D eigenvalue weighted by atomic mass is 16.7. The lowest BCUT2D eigenvalue weighted by Gasteiger charge is -2.39. The molecule has 0 aliphatic carbocycles. The summed E-state index contributed by atoms with van der Waals surface area (Å²) in [5.41, 5.74) is 8.68. The lowest BCUT2D eigenvalue weighted by Crippen LogP contribution is -2.44. The number of nitrogen functional groups attached to an aromatic ring is 1. The van der Waals surface area contributed by atoms with E-state index in [4.69, 9.17) is 21.1 Å². The third-order valence-corrected chi connectivity index (χ3v) is 5.12. The third-order valence-electron chi connectivity index (χ3n) is 5.12. The highest BCUT2D eigenvalue weighted by Crippen LogP contribution is 2.37. The largest absolute Gasteiger partial charge is 0.481 e. The molecule has 7 nitrogen and oxygen atoms in total. The molecule has 2 aliphatic heterocycles. The van der Waals surface area contributed by atoms with Crippen LogP contribution in [0.2, 0.25) is 0 Å². The van der Waals surface area contributed by atoms with Crippen LogP contribution < -0.4 is 5.73 Å². The SMILES string of the molecule is C=C(CCC(=O)O)N1CCC2(CC1)CC(c1ccc(C(=N)N)cc1)=NO2. The minimum atomic E-state index is -0.799. The molecular weight excluding hydrogens is 332 g/mol. The van der Waals surface area contributed by atoms with Gasteiger partial charge in [0, 0.05) is 43.6 Å². The second-order valence-corrected chi connectivity index (χ2v) is 6.93. The Morgan fingerprint density at radius 1 is 1.31 bits per heavy atom. The second kappa shape index (κ2) is 7.19. The van der Waals surface area contributed by atoms with Gasteiger partial charge in [0.1, 0.15) is 11.4 Å². The lowest BCUT2D eigenvalue weighted by molar-refractivity contribution is -0.137. The van der Waals surface area contributed by atoms with E-state index in [1.54, 1.807) is 0 Å². The van der Waals surface area contributed by atoms with Crippen LogP contribution in [0.5, 0.6) is 0 Å². The highest BCUT2D eigenvalue weighted by molar-refractivity contribution is 6.03. The molecule has 0 aromatic heterocycles. The second-order valence-electron chi connectivity index (χ2n) is 6.93. The van der Waals surface area contributed by atoms with Crippen molar-refractivity contribution in [3.05, 3.63) is 47.7 Å². The topological polar surface area (TPSA) is 112 Å². The number of nitrogens with two attached hydrogens (primary N) is 1. The molecule has 1 saturated heterocycles. The molecule has 1 fully saturated rings. The molecule has 2 heterocycles. The van der Waals surface area contributed by atoms with Gasteiger partial charge in [-0.15, -0.1) is 0 Å². The van der Waals surface area contributed by atoms with Crippen molar-refractivity contribution in [2.24, 2.45) is 10.9 Å². The molecule has 0 radical (unpaired) electrons. The van der Waals surface area contributed by atoms with Crippen molar-refractivity contribution in [2.75, 3.05) is 13.1 Å². The van der Waals surface area contributed by atoms with E-state index in [-0.39, 0.29) is 17.9 Å². The van der Waals surface area contributed by atoms with Crippen molar-refractivity contribution in [2.45, 2.75) is 37.7 Å². The zero-order valence-corrected chi connectivity index (χ0v) is 14.7. The molecule has 0 saturated carbocycles. The van der Waals surface area contributed by atoms with Gasteiger partial charge >= 0.3 is 5.97 Å². The first-order valence-corrected chi connectivity index (χ1v) is 8.73. The smallest absolute Gasteiger partial charge is 0.303 e. The number of carboxylic acids is 1. The molecule has 1 aromatic carbocycles. The van der Waals surface area contributed by atoms with Gasteiger partial charge in [-0.1, -0.05) is 36.0 Å². The number of oxime groups is 1. The van der Waals surface area contributed by atoms with E-state index in [1.807, 2.05) is 24.3 Å². The summed E-state index contributed by atoms with van der Waals surface area (Å²) < 4.78 is 0. The maximum absolute atomic E-state index is 10.7. The fourth-order valence-corrected chi connectivity index (χ4v) is 3.43. The molecule has 0 unspecified atom stereocenters. The summed E-state index contributed by atoms with van der Waals surface area (Å²) in [6.07, 6.45) is 3.00. The summed E-state index contributed by atoms with van der Waals surface area (Å²) in [6, 6.07) is 7.47. The van der Waals surface area contributed by atoms with Gasteiger partial charge in [-0.25, -0.2) is 0 Å². The molecule has 0 amide bonds. The number of likely N-dealkylation sites (tertiary alicyclic amines) is 1. The zero-order valence-electron chi connectivity index (χ0n) is 14.7. The number of hydrogen-bond donors (Lipinski definition) is 3. The van der Waals surface area contributed by atoms with E-state index >= 15 is 0 Å². The van der Waals surface area contributed by atoms with Crippen LogP contribution in [0.1, 0.15) is 43.2 Å². The molecule has 1 spiro atoms. The van der Waals surface area contributed by atoms with Gasteiger partial charge in [-0.2, -0.15) is 0 Å². The van der Waals surface area contributed by atoms with Gasteiger partial charge in [0.2, 0.25) is 0 Å². The Hall–Kier alpha value is -2.83. The number of piperidine rings is 1. The lowest BCUT2D eigenvalue weighted by atomic mass is 9.85. The number of nitrogens with one attached hydrogen (secondary N) is 1. The predicted octanol–water partition coefficient (Wildman–Crippen LogP) is 2.31. The van der Waals surface area contributed by atoms with Crippen molar-refractivity contribution < 1.29 is 14.7 Å². The van der Waals surface area contributed by atoms with Gasteiger partial charge < -0.3 is 20.6 Å². The first-order valence-electron chi connectivity index (χ1n) is 8.73. The summed E-state index contributed by atoms with van der Waals surface area (Å²) in [4.78, 5) is 18.7. The first-order chi connectivity index (χ1) is 12.4. The van der Waals surface area contributed by atoms with Crippen LogP contribution in [0.15, 0.2) is 41.7 Å². The van der Waals surface area contributed by atoms with Gasteiger partial charge in [-0.05, 0) is 12.0 Å². The number of benzene rings is 1. The average Bonchev–Trinajstić information content (AvgIpc) is 3.04. The van der Waals surface area contributed by atoms with Crippen molar-refractivity contribution in [3.8, 4) is 0 Å². The van der Waals surface area contributed by atoms with E-state index in [0.717, 1.165) is 49.3 Å². The minimum absolute atomic E-state index is 0.0492. The molecule has 4 N–H and O–H groups in total. The number of carbonyl (C=O) groups is 1. The maximum atomic E-state index is 10.7. The van der Waals surface area contributed by atoms with Gasteiger partial charge in [-0.3, -0.25) is 10.2 Å². The standard InChI is InChI=1S/C19H24N4O3/c1-13(2-7-17(24)25)23-10-8-19(9-11-23)12-16(22-26-19)14-3-5-15(6-4-14)18(20)21/h3-6H,1-2,7-12H2,(H3,20,21)(H,24,25). The molecular formula is C19H24N4O3. The Balaban J connectivity index is 1.56. The molecule has 0 atom stereocenters. The molecule has 1 aromatic rings. The Morgan fingerprint density at radius 2 is 1.96 bits per heavy atom. The van der Waals surface area contributed by atoms with Crippen LogP contribution in [-0.4, -0.2) is 46.2 Å². The molecule has 0 bridgehead atoms. The first kappa shape index (κ1) is 18.0. The maximum Gasteiger partial charge on any atom is 0.303 e. The van der Waals surface area contributed by atoms with Crippen LogP contribution in [0.3, 0.4) is 0 Å². The summed E-state index contributed by atoms with van der Waals surface area (Å²) in [7, 11) is 0. The van der Waals surface area contributed by atoms with Gasteiger partial charge in [0.15, 0.2) is 0 Å². The quantitative estimate of drug-likeness (QED) is 0.535. The number of amidine groups is 1. The normalized spacial score (nSPS) is 18.3. The number of allylic oxidation sites excluding steroid dienone is 1. The van der Waals surface area contributed by atoms with Crippen LogP contribution in [0.25, 0.3) is 0 Å². The van der Waals surface area contributed by atoms with E-state index in [2.05, 4.69) is 16.6 Å². The molecule has 2 aliphatic rings. The van der Waals surface area contributed by atoms with Gasteiger partial charge in [0.25, 0.3) is 0 Å².